The molecular weight excluding hydrogens is 152 g/mol. The Morgan fingerprint density at radius 3 is 2.50 bits per heavy atom. The zero-order valence-corrected chi connectivity index (χ0v) is 8.17. The van der Waals surface area contributed by atoms with Crippen molar-refractivity contribution in [2.45, 2.75) is 46.1 Å². The summed E-state index contributed by atoms with van der Waals surface area (Å²) >= 11 is 0. The van der Waals surface area contributed by atoms with Gasteiger partial charge in [0, 0.05) is 0 Å². The van der Waals surface area contributed by atoms with Gasteiger partial charge in [0.05, 0.1) is 12.0 Å². The summed E-state index contributed by atoms with van der Waals surface area (Å²) in [5, 5.41) is 0. The van der Waals surface area contributed by atoms with Crippen LogP contribution < -0.4 is 0 Å². The Bertz CT molecular complexity index is 163. The van der Waals surface area contributed by atoms with E-state index < -0.39 is 0 Å². The van der Waals surface area contributed by atoms with E-state index in [0.717, 1.165) is 12.8 Å². The summed E-state index contributed by atoms with van der Waals surface area (Å²) in [6, 6.07) is 0. The van der Waals surface area contributed by atoms with Crippen molar-refractivity contribution in [2.75, 3.05) is 0 Å². The molecule has 12 heavy (non-hydrogen) atoms. The third-order valence-electron chi connectivity index (χ3n) is 2.38. The molecule has 0 radical (unpaired) electrons. The van der Waals surface area contributed by atoms with Crippen molar-refractivity contribution in [2.24, 2.45) is 11.8 Å². The first-order valence-electron chi connectivity index (χ1n) is 4.80. The molecule has 1 aliphatic rings. The van der Waals surface area contributed by atoms with Crippen molar-refractivity contribution in [1.29, 1.82) is 0 Å². The normalized spacial score (nSPS) is 29.3. The van der Waals surface area contributed by atoms with Crippen LogP contribution in [0, 0.1) is 11.8 Å². The number of carbonyl (C=O) groups excluding carboxylic acids is 1. The topological polar surface area (TPSA) is 26.3 Å². The highest BCUT2D eigenvalue weighted by molar-refractivity contribution is 5.72. The molecule has 1 rings (SSSR count). The SMILES string of the molecule is CC1CCC(C(=O)OC(C)C)C1. The van der Waals surface area contributed by atoms with Crippen molar-refractivity contribution < 1.29 is 9.53 Å². The lowest BCUT2D eigenvalue weighted by Gasteiger charge is -2.12. The summed E-state index contributed by atoms with van der Waals surface area (Å²) in [4.78, 5) is 11.4. The van der Waals surface area contributed by atoms with Gasteiger partial charge in [-0.3, -0.25) is 4.79 Å². The molecule has 0 saturated heterocycles. The van der Waals surface area contributed by atoms with Crippen LogP contribution in [0.25, 0.3) is 0 Å². The van der Waals surface area contributed by atoms with E-state index in [1.807, 2.05) is 13.8 Å². The van der Waals surface area contributed by atoms with Crippen LogP contribution >= 0.6 is 0 Å². The van der Waals surface area contributed by atoms with E-state index >= 15 is 0 Å². The van der Waals surface area contributed by atoms with Gasteiger partial charge in [0.2, 0.25) is 0 Å². The molecule has 2 atom stereocenters. The molecule has 0 amide bonds. The number of carbonyl (C=O) groups is 1. The van der Waals surface area contributed by atoms with Crippen LogP contribution in [0.1, 0.15) is 40.0 Å². The van der Waals surface area contributed by atoms with E-state index in [1.54, 1.807) is 0 Å². The Hall–Kier alpha value is -0.530. The average molecular weight is 170 g/mol. The quantitative estimate of drug-likeness (QED) is 0.595. The van der Waals surface area contributed by atoms with Crippen LogP contribution in [0.15, 0.2) is 0 Å². The minimum atomic E-state index is 0.00866. The van der Waals surface area contributed by atoms with Gasteiger partial charge in [-0.2, -0.15) is 0 Å². The van der Waals surface area contributed by atoms with E-state index in [4.69, 9.17) is 4.74 Å². The molecule has 0 aromatic carbocycles. The first kappa shape index (κ1) is 9.56. The molecule has 0 aliphatic heterocycles. The fourth-order valence-electron chi connectivity index (χ4n) is 1.75. The highest BCUT2D eigenvalue weighted by atomic mass is 16.5. The fourth-order valence-corrected chi connectivity index (χ4v) is 1.75. The smallest absolute Gasteiger partial charge is 0.309 e. The third kappa shape index (κ3) is 2.50. The maximum absolute atomic E-state index is 11.4. The molecule has 0 spiro atoms. The van der Waals surface area contributed by atoms with Gasteiger partial charge in [0.25, 0.3) is 0 Å². The molecule has 70 valence electrons. The Balaban J connectivity index is 2.33. The van der Waals surface area contributed by atoms with E-state index in [2.05, 4.69) is 6.92 Å². The fraction of sp³-hybridized carbons (Fsp3) is 0.900. The molecule has 1 aliphatic carbocycles. The van der Waals surface area contributed by atoms with Crippen molar-refractivity contribution in [3.8, 4) is 0 Å². The molecule has 0 bridgehead atoms. The van der Waals surface area contributed by atoms with Crippen LogP contribution in [0.4, 0.5) is 0 Å². The number of esters is 1. The zero-order valence-electron chi connectivity index (χ0n) is 8.17. The second-order valence-electron chi connectivity index (χ2n) is 4.10. The minimum Gasteiger partial charge on any atom is -0.463 e. The highest BCUT2D eigenvalue weighted by Crippen LogP contribution is 2.31. The number of ether oxygens (including phenoxy) is 1. The van der Waals surface area contributed by atoms with Gasteiger partial charge < -0.3 is 4.74 Å². The number of rotatable bonds is 2. The molecular formula is C10H18O2. The summed E-state index contributed by atoms with van der Waals surface area (Å²) in [6.45, 7) is 6.00. The average Bonchev–Trinajstić information content (AvgIpc) is 2.34. The van der Waals surface area contributed by atoms with Gasteiger partial charge in [0.15, 0.2) is 0 Å². The van der Waals surface area contributed by atoms with Crippen molar-refractivity contribution in [3.05, 3.63) is 0 Å². The second-order valence-corrected chi connectivity index (χ2v) is 4.10. The monoisotopic (exact) mass is 170 g/mol. The molecule has 0 aromatic rings. The highest BCUT2D eigenvalue weighted by Gasteiger charge is 2.28. The lowest BCUT2D eigenvalue weighted by Crippen LogP contribution is -2.19. The van der Waals surface area contributed by atoms with Crippen LogP contribution in [0.5, 0.6) is 0 Å². The van der Waals surface area contributed by atoms with Gasteiger partial charge in [-0.05, 0) is 39.0 Å². The molecule has 1 fully saturated rings. The predicted molar refractivity (Wildman–Crippen MR) is 47.7 cm³/mol. The van der Waals surface area contributed by atoms with Crippen LogP contribution in [-0.2, 0) is 9.53 Å². The predicted octanol–water partition coefficient (Wildman–Crippen LogP) is 2.37. The largest absolute Gasteiger partial charge is 0.463 e. The summed E-state index contributed by atoms with van der Waals surface area (Å²) < 4.78 is 5.14. The molecule has 0 N–H and O–H groups in total. The molecule has 0 heterocycles. The minimum absolute atomic E-state index is 0.00866. The maximum atomic E-state index is 11.4. The number of hydrogen-bond donors (Lipinski definition) is 0. The Labute approximate surface area is 74.3 Å². The van der Waals surface area contributed by atoms with Gasteiger partial charge in [-0.1, -0.05) is 6.92 Å². The second kappa shape index (κ2) is 3.92. The molecule has 2 nitrogen and oxygen atoms in total. The maximum Gasteiger partial charge on any atom is 0.309 e. The third-order valence-corrected chi connectivity index (χ3v) is 2.38. The summed E-state index contributed by atoms with van der Waals surface area (Å²) in [5.74, 6) is 0.895. The zero-order chi connectivity index (χ0) is 9.14. The Kier molecular flexibility index (Phi) is 3.12. The van der Waals surface area contributed by atoms with E-state index in [-0.39, 0.29) is 18.0 Å². The molecule has 0 aromatic heterocycles. The summed E-state index contributed by atoms with van der Waals surface area (Å²) in [5.41, 5.74) is 0. The van der Waals surface area contributed by atoms with E-state index in [1.165, 1.54) is 6.42 Å². The Morgan fingerprint density at radius 1 is 1.42 bits per heavy atom. The standard InChI is InChI=1S/C10H18O2/c1-7(2)12-10(11)9-5-4-8(3)6-9/h7-9H,4-6H2,1-3H3. The summed E-state index contributed by atoms with van der Waals surface area (Å²) in [7, 11) is 0. The van der Waals surface area contributed by atoms with Gasteiger partial charge in [0.1, 0.15) is 0 Å². The lowest BCUT2D eigenvalue weighted by atomic mass is 10.1. The van der Waals surface area contributed by atoms with Crippen molar-refractivity contribution >= 4 is 5.97 Å². The van der Waals surface area contributed by atoms with Crippen molar-refractivity contribution in [1.82, 2.24) is 0 Å². The molecule has 1 saturated carbocycles. The van der Waals surface area contributed by atoms with Crippen LogP contribution in [-0.4, -0.2) is 12.1 Å². The lowest BCUT2D eigenvalue weighted by molar-refractivity contribution is -0.152. The first-order chi connectivity index (χ1) is 5.59. The van der Waals surface area contributed by atoms with Crippen molar-refractivity contribution in [3.63, 3.8) is 0 Å². The van der Waals surface area contributed by atoms with E-state index in [0.29, 0.717) is 5.92 Å². The molecule has 2 unspecified atom stereocenters. The van der Waals surface area contributed by atoms with Gasteiger partial charge in [-0.15, -0.1) is 0 Å². The van der Waals surface area contributed by atoms with Crippen LogP contribution in [0.3, 0.4) is 0 Å². The van der Waals surface area contributed by atoms with Gasteiger partial charge >= 0.3 is 5.97 Å². The first-order valence-corrected chi connectivity index (χ1v) is 4.80. The van der Waals surface area contributed by atoms with E-state index in [9.17, 15) is 4.79 Å². The summed E-state index contributed by atoms with van der Waals surface area (Å²) in [6.07, 6.45) is 3.25. The molecule has 2 heteroatoms. The van der Waals surface area contributed by atoms with Gasteiger partial charge in [-0.25, -0.2) is 0 Å². The van der Waals surface area contributed by atoms with Crippen LogP contribution in [0.2, 0.25) is 0 Å². The Morgan fingerprint density at radius 2 is 2.08 bits per heavy atom. The number of hydrogen-bond acceptors (Lipinski definition) is 2.